The number of rotatable bonds is 7. The van der Waals surface area contributed by atoms with Gasteiger partial charge in [0.05, 0.1) is 0 Å². The predicted molar refractivity (Wildman–Crippen MR) is 82.7 cm³/mol. The first-order chi connectivity index (χ1) is 8.69. The van der Waals surface area contributed by atoms with E-state index in [4.69, 9.17) is 0 Å². The topological polar surface area (TPSA) is 32.3 Å². The van der Waals surface area contributed by atoms with E-state index in [1.807, 2.05) is 31.0 Å². The molecule has 0 heterocycles. The largest absolute Gasteiger partial charge is 0.339 e. The number of hydrogen-bond donors (Lipinski definition) is 1. The minimum Gasteiger partial charge on any atom is -0.339 e. The molecule has 1 rings (SSSR count). The molecule has 1 aromatic carbocycles. The van der Waals surface area contributed by atoms with Crippen LogP contribution in [0.4, 0.5) is 0 Å². The molecule has 0 aromatic heterocycles. The fourth-order valence-electron chi connectivity index (χ4n) is 1.94. The summed E-state index contributed by atoms with van der Waals surface area (Å²) in [7, 11) is 1.91. The minimum absolute atomic E-state index is 0. The van der Waals surface area contributed by atoms with Gasteiger partial charge < -0.3 is 10.2 Å². The zero-order chi connectivity index (χ0) is 13.4. The Morgan fingerprint density at radius 1 is 1.32 bits per heavy atom. The van der Waals surface area contributed by atoms with Crippen LogP contribution in [0.25, 0.3) is 0 Å². The van der Waals surface area contributed by atoms with E-state index >= 15 is 0 Å². The highest BCUT2D eigenvalue weighted by molar-refractivity contribution is 5.85. The summed E-state index contributed by atoms with van der Waals surface area (Å²) in [6.45, 7) is 6.52. The zero-order valence-electron chi connectivity index (χ0n) is 12.1. The van der Waals surface area contributed by atoms with Gasteiger partial charge in [-0.3, -0.25) is 4.79 Å². The number of benzene rings is 1. The maximum Gasteiger partial charge on any atom is 0.222 e. The van der Waals surface area contributed by atoms with Crippen molar-refractivity contribution >= 4 is 18.3 Å². The van der Waals surface area contributed by atoms with Crippen molar-refractivity contribution in [1.29, 1.82) is 0 Å². The first-order valence-electron chi connectivity index (χ1n) is 6.66. The fourth-order valence-corrected chi connectivity index (χ4v) is 1.94. The Kier molecular flexibility index (Phi) is 9.27. The van der Waals surface area contributed by atoms with Crippen LogP contribution in [0, 0.1) is 6.92 Å². The van der Waals surface area contributed by atoms with Crippen molar-refractivity contribution < 1.29 is 4.79 Å². The highest BCUT2D eigenvalue weighted by atomic mass is 35.5. The van der Waals surface area contributed by atoms with Crippen molar-refractivity contribution in [2.75, 3.05) is 20.1 Å². The second-order valence-corrected chi connectivity index (χ2v) is 4.54. The van der Waals surface area contributed by atoms with Crippen molar-refractivity contribution in [2.24, 2.45) is 0 Å². The SMILES string of the molecule is CCN(Cc1ccccc1C)C(=O)CCCNC.Cl. The summed E-state index contributed by atoms with van der Waals surface area (Å²) in [4.78, 5) is 14.0. The molecule has 0 aliphatic heterocycles. The molecular formula is C15H25ClN2O. The molecular weight excluding hydrogens is 260 g/mol. The Balaban J connectivity index is 0.00000324. The van der Waals surface area contributed by atoms with Gasteiger partial charge in [0.1, 0.15) is 0 Å². The summed E-state index contributed by atoms with van der Waals surface area (Å²) in [5.41, 5.74) is 2.49. The van der Waals surface area contributed by atoms with Gasteiger partial charge >= 0.3 is 0 Å². The van der Waals surface area contributed by atoms with Gasteiger partial charge in [-0.15, -0.1) is 12.4 Å². The summed E-state index contributed by atoms with van der Waals surface area (Å²) in [5.74, 6) is 0.246. The number of aryl methyl sites for hydroxylation is 1. The second-order valence-electron chi connectivity index (χ2n) is 4.54. The highest BCUT2D eigenvalue weighted by Crippen LogP contribution is 2.11. The van der Waals surface area contributed by atoms with Gasteiger partial charge in [0.2, 0.25) is 5.91 Å². The van der Waals surface area contributed by atoms with Crippen LogP contribution in [-0.4, -0.2) is 30.9 Å². The van der Waals surface area contributed by atoms with Crippen LogP contribution < -0.4 is 5.32 Å². The van der Waals surface area contributed by atoms with Crippen molar-refractivity contribution in [2.45, 2.75) is 33.2 Å². The number of carbonyl (C=O) groups excluding carboxylic acids is 1. The van der Waals surface area contributed by atoms with Crippen molar-refractivity contribution in [1.82, 2.24) is 10.2 Å². The molecule has 0 aliphatic rings. The smallest absolute Gasteiger partial charge is 0.222 e. The summed E-state index contributed by atoms with van der Waals surface area (Å²) >= 11 is 0. The van der Waals surface area contributed by atoms with Crippen molar-refractivity contribution in [3.63, 3.8) is 0 Å². The van der Waals surface area contributed by atoms with Crippen LogP contribution in [0.1, 0.15) is 30.9 Å². The van der Waals surface area contributed by atoms with E-state index < -0.39 is 0 Å². The van der Waals surface area contributed by atoms with Crippen molar-refractivity contribution in [3.05, 3.63) is 35.4 Å². The molecule has 0 bridgehead atoms. The maximum absolute atomic E-state index is 12.1. The number of amides is 1. The van der Waals surface area contributed by atoms with Gasteiger partial charge in [-0.1, -0.05) is 24.3 Å². The summed E-state index contributed by atoms with van der Waals surface area (Å²) in [6.07, 6.45) is 1.53. The molecule has 4 heteroatoms. The van der Waals surface area contributed by atoms with E-state index in [9.17, 15) is 4.79 Å². The minimum atomic E-state index is 0. The lowest BCUT2D eigenvalue weighted by molar-refractivity contribution is -0.131. The Labute approximate surface area is 122 Å². The van der Waals surface area contributed by atoms with Crippen LogP contribution >= 0.6 is 12.4 Å². The van der Waals surface area contributed by atoms with E-state index in [2.05, 4.69) is 24.4 Å². The van der Waals surface area contributed by atoms with E-state index in [0.29, 0.717) is 6.42 Å². The van der Waals surface area contributed by atoms with Crippen LogP contribution in [0.5, 0.6) is 0 Å². The molecule has 0 saturated heterocycles. The lowest BCUT2D eigenvalue weighted by atomic mass is 10.1. The second kappa shape index (κ2) is 9.82. The highest BCUT2D eigenvalue weighted by Gasteiger charge is 2.12. The van der Waals surface area contributed by atoms with Gasteiger partial charge in [-0.25, -0.2) is 0 Å². The molecule has 0 aliphatic carbocycles. The van der Waals surface area contributed by atoms with Crippen LogP contribution in [0.2, 0.25) is 0 Å². The number of carbonyl (C=O) groups is 1. The first kappa shape index (κ1) is 17.9. The molecule has 0 fully saturated rings. The van der Waals surface area contributed by atoms with E-state index in [-0.39, 0.29) is 18.3 Å². The van der Waals surface area contributed by atoms with Gasteiger partial charge in [-0.2, -0.15) is 0 Å². The molecule has 108 valence electrons. The average Bonchev–Trinajstić information content (AvgIpc) is 2.38. The lowest BCUT2D eigenvalue weighted by Gasteiger charge is -2.22. The quantitative estimate of drug-likeness (QED) is 0.781. The average molecular weight is 285 g/mol. The first-order valence-corrected chi connectivity index (χ1v) is 6.66. The molecule has 1 N–H and O–H groups in total. The summed E-state index contributed by atoms with van der Waals surface area (Å²) < 4.78 is 0. The van der Waals surface area contributed by atoms with Crippen molar-refractivity contribution in [3.8, 4) is 0 Å². The Bertz CT molecular complexity index is 382. The molecule has 1 amide bonds. The van der Waals surface area contributed by atoms with E-state index in [1.54, 1.807) is 0 Å². The predicted octanol–water partition coefficient (Wildman–Crippen LogP) is 2.76. The summed E-state index contributed by atoms with van der Waals surface area (Å²) in [6, 6.07) is 8.25. The Morgan fingerprint density at radius 2 is 2.00 bits per heavy atom. The number of halogens is 1. The third kappa shape index (κ3) is 6.08. The zero-order valence-corrected chi connectivity index (χ0v) is 12.9. The van der Waals surface area contributed by atoms with Gasteiger partial charge in [0.25, 0.3) is 0 Å². The molecule has 0 radical (unpaired) electrons. The lowest BCUT2D eigenvalue weighted by Crippen LogP contribution is -2.30. The number of hydrogen-bond acceptors (Lipinski definition) is 2. The van der Waals surface area contributed by atoms with Crippen LogP contribution in [0.3, 0.4) is 0 Å². The molecule has 0 atom stereocenters. The van der Waals surface area contributed by atoms with E-state index in [1.165, 1.54) is 11.1 Å². The standard InChI is InChI=1S/C15H24N2O.ClH/c1-4-17(15(18)10-7-11-16-3)12-14-9-6-5-8-13(14)2;/h5-6,8-9,16H,4,7,10-12H2,1-3H3;1H. The van der Waals surface area contributed by atoms with Gasteiger partial charge in [-0.05, 0) is 45.0 Å². The maximum atomic E-state index is 12.1. The van der Waals surface area contributed by atoms with Gasteiger partial charge in [0, 0.05) is 19.5 Å². The molecule has 0 unspecified atom stereocenters. The normalized spacial score (nSPS) is 9.84. The third-order valence-corrected chi connectivity index (χ3v) is 3.17. The fraction of sp³-hybridized carbons (Fsp3) is 0.533. The molecule has 1 aromatic rings. The molecule has 0 saturated carbocycles. The van der Waals surface area contributed by atoms with Crippen LogP contribution in [-0.2, 0) is 11.3 Å². The molecule has 0 spiro atoms. The molecule has 3 nitrogen and oxygen atoms in total. The third-order valence-electron chi connectivity index (χ3n) is 3.17. The van der Waals surface area contributed by atoms with E-state index in [0.717, 1.165) is 26.1 Å². The van der Waals surface area contributed by atoms with Crippen LogP contribution in [0.15, 0.2) is 24.3 Å². The molecule has 19 heavy (non-hydrogen) atoms. The number of nitrogens with one attached hydrogen (secondary N) is 1. The monoisotopic (exact) mass is 284 g/mol. The van der Waals surface area contributed by atoms with Gasteiger partial charge in [0.15, 0.2) is 0 Å². The Morgan fingerprint density at radius 3 is 2.58 bits per heavy atom. The number of nitrogens with zero attached hydrogens (tertiary/aromatic N) is 1. The summed E-state index contributed by atoms with van der Waals surface area (Å²) in [5, 5.41) is 3.07. The Hall–Kier alpha value is -1.06.